The van der Waals surface area contributed by atoms with E-state index in [0.29, 0.717) is 18.8 Å². The molecule has 0 unspecified atom stereocenters. The lowest BCUT2D eigenvalue weighted by Crippen LogP contribution is -2.15. The van der Waals surface area contributed by atoms with Crippen LogP contribution in [-0.2, 0) is 4.79 Å². The number of rotatable bonds is 9. The molecule has 29 heavy (non-hydrogen) atoms. The van der Waals surface area contributed by atoms with Crippen LogP contribution in [0.1, 0.15) is 12.8 Å². The molecule has 4 nitrogen and oxygen atoms in total. The average molecular weight is 403 g/mol. The van der Waals surface area contributed by atoms with Crippen LogP contribution < -0.4 is 10.1 Å². The third-order valence-electron chi connectivity index (χ3n) is 4.19. The standard InChI is InChI=1S/C24H22N2O2S/c25-16-8-18-29-23-14-7-5-12-21(23)26-24(27)15-17-28-22-13-6-4-11-20(22)19-9-2-1-3-10-19/h1-7,9-14H,8,15,17-18H2,(H,26,27). The van der Waals surface area contributed by atoms with E-state index in [9.17, 15) is 4.79 Å². The van der Waals surface area contributed by atoms with E-state index >= 15 is 0 Å². The maximum atomic E-state index is 12.4. The first-order valence-electron chi connectivity index (χ1n) is 9.44. The number of thioether (sulfide) groups is 1. The number of benzene rings is 3. The third-order valence-corrected chi connectivity index (χ3v) is 5.27. The van der Waals surface area contributed by atoms with Gasteiger partial charge in [-0.2, -0.15) is 5.26 Å². The van der Waals surface area contributed by atoms with Gasteiger partial charge in [0.05, 0.1) is 24.8 Å². The molecule has 0 aliphatic heterocycles. The molecule has 0 saturated heterocycles. The van der Waals surface area contributed by atoms with Crippen molar-refractivity contribution < 1.29 is 9.53 Å². The number of carbonyl (C=O) groups excluding carboxylic acids is 1. The van der Waals surface area contributed by atoms with E-state index in [4.69, 9.17) is 10.00 Å². The normalized spacial score (nSPS) is 10.2. The lowest BCUT2D eigenvalue weighted by atomic mass is 10.1. The second-order valence-electron chi connectivity index (χ2n) is 6.26. The van der Waals surface area contributed by atoms with E-state index in [2.05, 4.69) is 11.4 Å². The fourth-order valence-corrected chi connectivity index (χ4v) is 3.68. The Morgan fingerprint density at radius 2 is 1.69 bits per heavy atom. The van der Waals surface area contributed by atoms with Crippen LogP contribution in [0, 0.1) is 11.3 Å². The van der Waals surface area contributed by atoms with Crippen LogP contribution in [0.4, 0.5) is 5.69 Å². The molecule has 0 aliphatic rings. The maximum Gasteiger partial charge on any atom is 0.227 e. The van der Waals surface area contributed by atoms with E-state index in [-0.39, 0.29) is 12.3 Å². The van der Waals surface area contributed by atoms with Crippen molar-refractivity contribution in [1.29, 1.82) is 5.26 Å². The summed E-state index contributed by atoms with van der Waals surface area (Å²) in [7, 11) is 0. The highest BCUT2D eigenvalue weighted by Crippen LogP contribution is 2.30. The molecule has 0 saturated carbocycles. The minimum atomic E-state index is -0.101. The van der Waals surface area contributed by atoms with Crippen molar-refractivity contribution in [3.63, 3.8) is 0 Å². The number of carbonyl (C=O) groups is 1. The second kappa shape index (κ2) is 10.9. The Morgan fingerprint density at radius 1 is 0.966 bits per heavy atom. The van der Waals surface area contributed by atoms with Crippen LogP contribution >= 0.6 is 11.8 Å². The molecule has 1 amide bonds. The highest BCUT2D eigenvalue weighted by atomic mass is 32.2. The van der Waals surface area contributed by atoms with E-state index in [1.54, 1.807) is 11.8 Å². The smallest absolute Gasteiger partial charge is 0.227 e. The molecule has 1 N–H and O–H groups in total. The number of ether oxygens (including phenoxy) is 1. The minimum Gasteiger partial charge on any atom is -0.492 e. The number of hydrogen-bond acceptors (Lipinski definition) is 4. The van der Waals surface area contributed by atoms with Crippen LogP contribution in [0.3, 0.4) is 0 Å². The van der Waals surface area contributed by atoms with Gasteiger partial charge >= 0.3 is 0 Å². The van der Waals surface area contributed by atoms with Gasteiger partial charge in [0.15, 0.2) is 0 Å². The summed E-state index contributed by atoms with van der Waals surface area (Å²) in [5.41, 5.74) is 2.86. The lowest BCUT2D eigenvalue weighted by Gasteiger charge is -2.13. The van der Waals surface area contributed by atoms with Gasteiger partial charge in [-0.3, -0.25) is 4.79 Å². The Kier molecular flexibility index (Phi) is 7.73. The summed E-state index contributed by atoms with van der Waals surface area (Å²) in [4.78, 5) is 13.4. The molecule has 3 aromatic rings. The van der Waals surface area contributed by atoms with Crippen molar-refractivity contribution in [2.24, 2.45) is 0 Å². The van der Waals surface area contributed by atoms with E-state index < -0.39 is 0 Å². The van der Waals surface area contributed by atoms with Crippen LogP contribution in [0.15, 0.2) is 83.8 Å². The summed E-state index contributed by atoms with van der Waals surface area (Å²) >= 11 is 1.57. The van der Waals surface area contributed by atoms with Crippen LogP contribution in [0.2, 0.25) is 0 Å². The number of anilines is 1. The Labute approximate surface area is 175 Å². The number of hydrogen-bond donors (Lipinski definition) is 1. The fraction of sp³-hybridized carbons (Fsp3) is 0.167. The zero-order valence-corrected chi connectivity index (χ0v) is 16.8. The topological polar surface area (TPSA) is 62.1 Å². The zero-order valence-electron chi connectivity index (χ0n) is 16.0. The Hall–Kier alpha value is -3.23. The molecule has 0 bridgehead atoms. The van der Waals surface area contributed by atoms with Gasteiger partial charge in [-0.1, -0.05) is 60.7 Å². The van der Waals surface area contributed by atoms with Crippen molar-refractivity contribution in [1.82, 2.24) is 0 Å². The van der Waals surface area contributed by atoms with Gasteiger partial charge < -0.3 is 10.1 Å². The second-order valence-corrected chi connectivity index (χ2v) is 7.40. The summed E-state index contributed by atoms with van der Waals surface area (Å²) in [6, 6.07) is 27.6. The number of para-hydroxylation sites is 2. The summed E-state index contributed by atoms with van der Waals surface area (Å²) in [5, 5.41) is 11.6. The number of nitrogens with one attached hydrogen (secondary N) is 1. The van der Waals surface area contributed by atoms with Gasteiger partial charge in [0, 0.05) is 22.6 Å². The third kappa shape index (κ3) is 6.13. The van der Waals surface area contributed by atoms with Gasteiger partial charge in [0.1, 0.15) is 5.75 Å². The van der Waals surface area contributed by atoms with Crippen molar-refractivity contribution in [2.75, 3.05) is 17.7 Å². The van der Waals surface area contributed by atoms with Crippen molar-refractivity contribution in [3.8, 4) is 22.9 Å². The first kappa shape index (κ1) is 20.5. The fourth-order valence-electron chi connectivity index (χ4n) is 2.82. The molecule has 3 rings (SSSR count). The molecule has 0 heterocycles. The molecule has 0 radical (unpaired) electrons. The minimum absolute atomic E-state index is 0.101. The van der Waals surface area contributed by atoms with E-state index in [1.165, 1.54) is 0 Å². The van der Waals surface area contributed by atoms with Gasteiger partial charge in [0.25, 0.3) is 0 Å². The predicted octanol–water partition coefficient (Wildman–Crippen LogP) is 5.77. The van der Waals surface area contributed by atoms with Gasteiger partial charge in [-0.05, 0) is 23.8 Å². The summed E-state index contributed by atoms with van der Waals surface area (Å²) in [6.45, 7) is 0.291. The molecule has 0 atom stereocenters. The van der Waals surface area contributed by atoms with Crippen LogP contribution in [-0.4, -0.2) is 18.3 Å². The monoisotopic (exact) mass is 402 g/mol. The van der Waals surface area contributed by atoms with Crippen molar-refractivity contribution in [2.45, 2.75) is 17.7 Å². The summed E-state index contributed by atoms with van der Waals surface area (Å²) < 4.78 is 5.91. The quantitative estimate of drug-likeness (QED) is 0.365. The largest absolute Gasteiger partial charge is 0.492 e. The van der Waals surface area contributed by atoms with Crippen LogP contribution in [0.5, 0.6) is 5.75 Å². The van der Waals surface area contributed by atoms with E-state index in [1.807, 2.05) is 78.9 Å². The molecular formula is C24H22N2O2S. The van der Waals surface area contributed by atoms with Crippen LogP contribution in [0.25, 0.3) is 11.1 Å². The molecule has 0 spiro atoms. The number of nitriles is 1. The summed E-state index contributed by atoms with van der Waals surface area (Å²) in [6.07, 6.45) is 0.724. The highest BCUT2D eigenvalue weighted by molar-refractivity contribution is 7.99. The average Bonchev–Trinajstić information content (AvgIpc) is 2.76. The van der Waals surface area contributed by atoms with E-state index in [0.717, 1.165) is 27.5 Å². The zero-order chi connectivity index (χ0) is 20.3. The molecule has 3 aromatic carbocycles. The number of nitrogens with zero attached hydrogens (tertiary/aromatic N) is 1. The molecule has 146 valence electrons. The summed E-state index contributed by atoms with van der Waals surface area (Å²) in [5.74, 6) is 1.36. The Morgan fingerprint density at radius 3 is 2.52 bits per heavy atom. The molecular weight excluding hydrogens is 380 g/mol. The Bertz CT molecular complexity index is 983. The SMILES string of the molecule is N#CCCSc1ccccc1NC(=O)CCOc1ccccc1-c1ccccc1. The first-order chi connectivity index (χ1) is 14.3. The van der Waals surface area contributed by atoms with Gasteiger partial charge in [-0.15, -0.1) is 11.8 Å². The molecule has 5 heteroatoms. The first-order valence-corrected chi connectivity index (χ1v) is 10.4. The predicted molar refractivity (Wildman–Crippen MR) is 118 cm³/mol. The van der Waals surface area contributed by atoms with Gasteiger partial charge in [0.2, 0.25) is 5.91 Å². The molecule has 0 aromatic heterocycles. The Balaban J connectivity index is 1.56. The molecule has 0 aliphatic carbocycles. The number of amides is 1. The highest BCUT2D eigenvalue weighted by Gasteiger charge is 2.09. The van der Waals surface area contributed by atoms with Gasteiger partial charge in [-0.25, -0.2) is 0 Å². The van der Waals surface area contributed by atoms with Crippen molar-refractivity contribution >= 4 is 23.4 Å². The maximum absolute atomic E-state index is 12.4. The molecule has 0 fully saturated rings. The lowest BCUT2D eigenvalue weighted by molar-refractivity contribution is -0.116. The van der Waals surface area contributed by atoms with Crippen molar-refractivity contribution in [3.05, 3.63) is 78.9 Å².